The van der Waals surface area contributed by atoms with Crippen LogP contribution in [0.2, 0.25) is 0 Å². The lowest BCUT2D eigenvalue weighted by molar-refractivity contribution is -0.245. The molecule has 1 amide bonds. The van der Waals surface area contributed by atoms with Crippen LogP contribution in [0.1, 0.15) is 49.4 Å². The third kappa shape index (κ3) is 7.20. The number of nitrogens with one attached hydrogen (secondary N) is 1. The van der Waals surface area contributed by atoms with Gasteiger partial charge in [-0.05, 0) is 30.2 Å². The Morgan fingerprint density at radius 3 is 2.49 bits per heavy atom. The summed E-state index contributed by atoms with van der Waals surface area (Å²) in [6, 6.07) is 15.0. The molecule has 10 heteroatoms. The maximum absolute atomic E-state index is 12.3. The normalized spacial score (nSPS) is 20.3. The van der Waals surface area contributed by atoms with Gasteiger partial charge in [0.05, 0.1) is 18.8 Å². The molecule has 2 N–H and O–H groups in total. The van der Waals surface area contributed by atoms with Crippen molar-refractivity contribution in [3.05, 3.63) is 77.6 Å². The minimum Gasteiger partial charge on any atom is -0.453 e. The molecule has 0 spiro atoms. The number of carbonyl (C=O) groups is 2. The monoisotopic (exact) mass is 525 g/mol. The van der Waals surface area contributed by atoms with Gasteiger partial charge < -0.3 is 29.2 Å². The molecule has 0 unspecified atom stereocenters. The van der Waals surface area contributed by atoms with E-state index in [2.05, 4.69) is 10.3 Å². The van der Waals surface area contributed by atoms with Crippen LogP contribution in [0.5, 0.6) is 0 Å². The predicted octanol–water partition coefficient (Wildman–Crippen LogP) is 4.14. The Bertz CT molecular complexity index is 1200. The first-order chi connectivity index (χ1) is 17.8. The zero-order valence-electron chi connectivity index (χ0n) is 21.0. The summed E-state index contributed by atoms with van der Waals surface area (Å²) in [5.74, 6) is -0.218. The summed E-state index contributed by atoms with van der Waals surface area (Å²) in [7, 11) is 1.96. The smallest absolute Gasteiger partial charge is 0.303 e. The summed E-state index contributed by atoms with van der Waals surface area (Å²) in [4.78, 5) is 27.7. The van der Waals surface area contributed by atoms with Gasteiger partial charge in [0.1, 0.15) is 0 Å². The SMILES string of the molecule is CC(=O)O[C@@H](C)C(=O)Nc1ccc([C@H]2O[C@@H](CSc3nccn3C)C[C@@H](c3ccc(CO)cc3)O2)cc1. The third-order valence-electron chi connectivity index (χ3n) is 5.95. The van der Waals surface area contributed by atoms with Crippen molar-refractivity contribution in [3.63, 3.8) is 0 Å². The quantitative estimate of drug-likeness (QED) is 0.317. The number of hydrogen-bond donors (Lipinski definition) is 2. The Morgan fingerprint density at radius 1 is 1.16 bits per heavy atom. The molecule has 1 aliphatic rings. The van der Waals surface area contributed by atoms with Crippen molar-refractivity contribution in [1.29, 1.82) is 0 Å². The summed E-state index contributed by atoms with van der Waals surface area (Å²) in [5.41, 5.74) is 3.24. The molecular weight excluding hydrogens is 494 g/mol. The molecule has 196 valence electrons. The van der Waals surface area contributed by atoms with Crippen LogP contribution in [0.4, 0.5) is 5.69 Å². The van der Waals surface area contributed by atoms with Crippen LogP contribution < -0.4 is 5.32 Å². The van der Waals surface area contributed by atoms with Crippen molar-refractivity contribution in [2.24, 2.45) is 7.05 Å². The number of nitrogens with zero attached hydrogens (tertiary/aromatic N) is 2. The maximum Gasteiger partial charge on any atom is 0.303 e. The van der Waals surface area contributed by atoms with Gasteiger partial charge in [0.15, 0.2) is 17.6 Å². The van der Waals surface area contributed by atoms with Gasteiger partial charge >= 0.3 is 5.97 Å². The predicted molar refractivity (Wildman–Crippen MR) is 139 cm³/mol. The van der Waals surface area contributed by atoms with Gasteiger partial charge in [-0.15, -0.1) is 0 Å². The molecule has 1 aromatic heterocycles. The van der Waals surface area contributed by atoms with Crippen LogP contribution >= 0.6 is 11.8 Å². The van der Waals surface area contributed by atoms with Crippen LogP contribution in [0.15, 0.2) is 66.1 Å². The second-order valence-corrected chi connectivity index (χ2v) is 9.83. The molecule has 0 saturated carbocycles. The average Bonchev–Trinajstić information content (AvgIpc) is 3.31. The van der Waals surface area contributed by atoms with Gasteiger partial charge in [-0.1, -0.05) is 48.2 Å². The summed E-state index contributed by atoms with van der Waals surface area (Å²) >= 11 is 1.63. The van der Waals surface area contributed by atoms with Gasteiger partial charge in [-0.3, -0.25) is 9.59 Å². The van der Waals surface area contributed by atoms with Crippen molar-refractivity contribution in [2.45, 2.75) is 56.6 Å². The number of amides is 1. The minimum atomic E-state index is -0.892. The summed E-state index contributed by atoms with van der Waals surface area (Å²) in [6.45, 7) is 2.77. The average molecular weight is 526 g/mol. The van der Waals surface area contributed by atoms with Crippen molar-refractivity contribution in [3.8, 4) is 0 Å². The molecule has 1 aliphatic heterocycles. The number of aromatic nitrogens is 2. The summed E-state index contributed by atoms with van der Waals surface area (Å²) < 4.78 is 19.6. The number of hydrogen-bond acceptors (Lipinski definition) is 8. The Balaban J connectivity index is 1.47. The number of benzene rings is 2. The molecule has 0 bridgehead atoms. The van der Waals surface area contributed by atoms with Crippen molar-refractivity contribution >= 4 is 29.3 Å². The van der Waals surface area contributed by atoms with Crippen LogP contribution in [0, 0.1) is 0 Å². The highest BCUT2D eigenvalue weighted by atomic mass is 32.2. The zero-order valence-corrected chi connectivity index (χ0v) is 21.8. The topological polar surface area (TPSA) is 112 Å². The number of carbonyl (C=O) groups excluding carboxylic acids is 2. The van der Waals surface area contributed by atoms with Gasteiger partial charge in [0.25, 0.3) is 5.91 Å². The lowest BCUT2D eigenvalue weighted by Gasteiger charge is -2.36. The highest BCUT2D eigenvalue weighted by Crippen LogP contribution is 2.39. The van der Waals surface area contributed by atoms with Crippen LogP contribution in [0.25, 0.3) is 0 Å². The highest BCUT2D eigenvalue weighted by Gasteiger charge is 2.32. The zero-order chi connectivity index (χ0) is 26.4. The first-order valence-electron chi connectivity index (χ1n) is 12.0. The lowest BCUT2D eigenvalue weighted by Crippen LogP contribution is -2.31. The highest BCUT2D eigenvalue weighted by molar-refractivity contribution is 7.99. The molecule has 0 aliphatic carbocycles. The second-order valence-electron chi connectivity index (χ2n) is 8.84. The Morgan fingerprint density at radius 2 is 1.86 bits per heavy atom. The number of aliphatic hydroxyl groups is 1. The maximum atomic E-state index is 12.3. The lowest BCUT2D eigenvalue weighted by atomic mass is 10.0. The van der Waals surface area contributed by atoms with E-state index in [0.29, 0.717) is 17.9 Å². The standard InChI is InChI=1S/C27H31N3O6S/c1-17(34-18(2)32)25(33)29-22-10-8-21(9-11-22)26-35-23(16-37-27-28-12-13-30(27)3)14-24(36-26)20-6-4-19(15-31)5-7-20/h4-13,17,23-24,26,31H,14-16H2,1-3H3,(H,29,33)/t17-,23+,24-,26-/m0/s1. The number of esters is 1. The number of anilines is 1. The fraction of sp³-hybridized carbons (Fsp3) is 0.370. The van der Waals surface area contributed by atoms with Crippen molar-refractivity contribution < 1.29 is 28.9 Å². The molecule has 0 radical (unpaired) electrons. The minimum absolute atomic E-state index is 0.0109. The largest absolute Gasteiger partial charge is 0.453 e. The van der Waals surface area contributed by atoms with Gasteiger partial charge in [0.2, 0.25) is 0 Å². The van der Waals surface area contributed by atoms with E-state index in [-0.39, 0.29) is 18.8 Å². The molecule has 3 aromatic rings. The number of ether oxygens (including phenoxy) is 3. The molecule has 1 saturated heterocycles. The van der Waals surface area contributed by atoms with Crippen LogP contribution in [0.3, 0.4) is 0 Å². The van der Waals surface area contributed by atoms with E-state index < -0.39 is 24.3 Å². The van der Waals surface area contributed by atoms with Gasteiger partial charge in [-0.2, -0.15) is 0 Å². The van der Waals surface area contributed by atoms with Crippen LogP contribution in [-0.2, 0) is 37.5 Å². The van der Waals surface area contributed by atoms with Gasteiger partial charge in [0, 0.05) is 49.8 Å². The van der Waals surface area contributed by atoms with E-state index in [4.69, 9.17) is 14.2 Å². The summed E-state index contributed by atoms with van der Waals surface area (Å²) in [5, 5.41) is 13.0. The Hall–Kier alpha value is -3.18. The van der Waals surface area contributed by atoms with E-state index in [1.54, 1.807) is 30.1 Å². The molecular formula is C27H31N3O6S. The Kier molecular flexibility index (Phi) is 8.99. The molecule has 4 atom stereocenters. The Labute approximate surface area is 220 Å². The molecule has 1 fully saturated rings. The van der Waals surface area contributed by atoms with Crippen LogP contribution in [-0.4, -0.2) is 44.5 Å². The van der Waals surface area contributed by atoms with E-state index >= 15 is 0 Å². The van der Waals surface area contributed by atoms with E-state index in [1.165, 1.54) is 13.8 Å². The first kappa shape index (κ1) is 26.9. The molecule has 37 heavy (non-hydrogen) atoms. The fourth-order valence-electron chi connectivity index (χ4n) is 3.95. The number of thioether (sulfide) groups is 1. The molecule has 2 aromatic carbocycles. The van der Waals surface area contributed by atoms with Gasteiger partial charge in [-0.25, -0.2) is 4.98 Å². The van der Waals surface area contributed by atoms with E-state index in [9.17, 15) is 14.7 Å². The number of rotatable bonds is 9. The summed E-state index contributed by atoms with van der Waals surface area (Å²) in [6.07, 6.45) is 2.58. The number of aliphatic hydroxyl groups excluding tert-OH is 1. The fourth-order valence-corrected chi connectivity index (χ4v) is 4.90. The number of imidazole rings is 1. The number of aryl methyl sites for hydroxylation is 1. The van der Waals surface area contributed by atoms with E-state index in [0.717, 1.165) is 21.8 Å². The second kappa shape index (κ2) is 12.4. The first-order valence-corrected chi connectivity index (χ1v) is 13.0. The molecule has 9 nitrogen and oxygen atoms in total. The van der Waals surface area contributed by atoms with Crippen molar-refractivity contribution in [2.75, 3.05) is 11.1 Å². The van der Waals surface area contributed by atoms with E-state index in [1.807, 2.05) is 54.2 Å². The molecule has 4 rings (SSSR count). The van der Waals surface area contributed by atoms with Crippen molar-refractivity contribution in [1.82, 2.24) is 9.55 Å². The third-order valence-corrected chi connectivity index (χ3v) is 7.14. The molecule has 2 heterocycles.